The van der Waals surface area contributed by atoms with Crippen LogP contribution in [0.15, 0.2) is 24.3 Å². The van der Waals surface area contributed by atoms with Crippen molar-refractivity contribution in [1.29, 1.82) is 0 Å². The Hall–Kier alpha value is -1.68. The summed E-state index contributed by atoms with van der Waals surface area (Å²) in [5.74, 6) is 0.554. The number of likely N-dealkylation sites (N-methyl/N-ethyl adjacent to an activating group) is 1. The molecule has 1 aliphatic heterocycles. The van der Waals surface area contributed by atoms with E-state index < -0.39 is 0 Å². The molecule has 0 radical (unpaired) electrons. The third-order valence-electron chi connectivity index (χ3n) is 3.78. The predicted octanol–water partition coefficient (Wildman–Crippen LogP) is 2.59. The van der Waals surface area contributed by atoms with Crippen LogP contribution in [0.5, 0.6) is 0 Å². The van der Waals surface area contributed by atoms with Gasteiger partial charge in [-0.2, -0.15) is 5.10 Å². The number of piperidine rings is 1. The van der Waals surface area contributed by atoms with Gasteiger partial charge < -0.3 is 4.90 Å². The van der Waals surface area contributed by atoms with E-state index in [0.717, 1.165) is 23.6 Å². The highest BCUT2D eigenvalue weighted by atomic mass is 15.1. The molecular formula is C15H20N4. The highest BCUT2D eigenvalue weighted by molar-refractivity contribution is 5.54. The Kier molecular flexibility index (Phi) is 3.34. The van der Waals surface area contributed by atoms with Crippen molar-refractivity contribution in [3.05, 3.63) is 35.7 Å². The summed E-state index contributed by atoms with van der Waals surface area (Å²) in [6.07, 6.45) is 2.50. The van der Waals surface area contributed by atoms with Crippen LogP contribution in [0.4, 0.5) is 0 Å². The number of H-pyrrole nitrogens is 1. The molecule has 0 amide bonds. The first-order chi connectivity index (χ1) is 9.22. The van der Waals surface area contributed by atoms with Gasteiger partial charge in [-0.15, -0.1) is 0 Å². The van der Waals surface area contributed by atoms with Gasteiger partial charge in [-0.1, -0.05) is 6.07 Å². The zero-order valence-electron chi connectivity index (χ0n) is 11.6. The van der Waals surface area contributed by atoms with E-state index in [1.165, 1.54) is 25.1 Å². The fourth-order valence-electron chi connectivity index (χ4n) is 2.78. The normalized spacial score (nSPS) is 20.6. The van der Waals surface area contributed by atoms with Crippen molar-refractivity contribution in [2.45, 2.75) is 25.7 Å². The van der Waals surface area contributed by atoms with Crippen molar-refractivity contribution in [3.8, 4) is 11.4 Å². The van der Waals surface area contributed by atoms with Gasteiger partial charge in [-0.05, 0) is 51.6 Å². The molecule has 1 aliphatic rings. The maximum absolute atomic E-state index is 4.81. The van der Waals surface area contributed by atoms with Crippen molar-refractivity contribution in [2.75, 3.05) is 20.1 Å². The minimum Gasteiger partial charge on any atom is -0.306 e. The molecule has 1 fully saturated rings. The average molecular weight is 256 g/mol. The summed E-state index contributed by atoms with van der Waals surface area (Å²) < 4.78 is 0. The second-order valence-corrected chi connectivity index (χ2v) is 5.49. The van der Waals surface area contributed by atoms with Crippen molar-refractivity contribution in [2.24, 2.45) is 0 Å². The molecule has 0 unspecified atom stereocenters. The van der Waals surface area contributed by atoms with Gasteiger partial charge in [0.2, 0.25) is 0 Å². The molecule has 4 heteroatoms. The Morgan fingerprint density at radius 2 is 2.21 bits per heavy atom. The van der Waals surface area contributed by atoms with Gasteiger partial charge in [0.25, 0.3) is 0 Å². The Morgan fingerprint density at radius 3 is 2.95 bits per heavy atom. The molecule has 19 heavy (non-hydrogen) atoms. The number of nitrogens with zero attached hydrogens (tertiary/aromatic N) is 3. The fourth-order valence-corrected chi connectivity index (χ4v) is 2.78. The summed E-state index contributed by atoms with van der Waals surface area (Å²) >= 11 is 0. The summed E-state index contributed by atoms with van der Waals surface area (Å²) in [4.78, 5) is 7.20. The number of aromatic nitrogens is 3. The summed E-state index contributed by atoms with van der Waals surface area (Å²) in [5.41, 5.74) is 4.17. The molecule has 0 bridgehead atoms. The first-order valence-corrected chi connectivity index (χ1v) is 6.90. The number of pyridine rings is 1. The average Bonchev–Trinajstić information content (AvgIpc) is 2.86. The number of nitrogens with one attached hydrogen (secondary N) is 1. The Labute approximate surface area is 113 Å². The van der Waals surface area contributed by atoms with Crippen LogP contribution in [0.25, 0.3) is 11.4 Å². The number of hydrogen-bond donors (Lipinski definition) is 1. The van der Waals surface area contributed by atoms with Crippen LogP contribution in [-0.4, -0.2) is 40.2 Å². The van der Waals surface area contributed by atoms with Gasteiger partial charge in [0.1, 0.15) is 5.69 Å². The SMILES string of the molecule is Cc1cc(-c2cccc([C@@H]3CCCN(C)C3)n2)n[nH]1. The lowest BCUT2D eigenvalue weighted by atomic mass is 9.94. The van der Waals surface area contributed by atoms with Crippen LogP contribution in [0.2, 0.25) is 0 Å². The number of aromatic amines is 1. The standard InChI is InChI=1S/C15H20N4/c1-11-9-15(18-17-11)14-7-3-6-13(16-14)12-5-4-8-19(2)10-12/h3,6-7,9,12H,4-5,8,10H2,1-2H3,(H,17,18)/t12-/m1/s1. The summed E-state index contributed by atoms with van der Waals surface area (Å²) in [7, 11) is 2.19. The molecule has 0 aliphatic carbocycles. The summed E-state index contributed by atoms with van der Waals surface area (Å²) in [6, 6.07) is 8.31. The lowest BCUT2D eigenvalue weighted by molar-refractivity contribution is 0.248. The molecule has 0 spiro atoms. The number of likely N-dealkylation sites (tertiary alicyclic amines) is 1. The van der Waals surface area contributed by atoms with Crippen LogP contribution in [0.1, 0.15) is 30.1 Å². The quantitative estimate of drug-likeness (QED) is 0.898. The minimum atomic E-state index is 0.554. The minimum absolute atomic E-state index is 0.554. The predicted molar refractivity (Wildman–Crippen MR) is 76.0 cm³/mol. The van der Waals surface area contributed by atoms with Crippen molar-refractivity contribution < 1.29 is 0 Å². The van der Waals surface area contributed by atoms with Gasteiger partial charge in [0, 0.05) is 23.9 Å². The molecule has 3 rings (SSSR count). The molecule has 1 N–H and O–H groups in total. The fraction of sp³-hybridized carbons (Fsp3) is 0.467. The smallest absolute Gasteiger partial charge is 0.111 e. The maximum atomic E-state index is 4.81. The third kappa shape index (κ3) is 2.68. The monoisotopic (exact) mass is 256 g/mol. The lowest BCUT2D eigenvalue weighted by Crippen LogP contribution is -2.31. The molecule has 2 aromatic heterocycles. The van der Waals surface area contributed by atoms with Crippen molar-refractivity contribution in [1.82, 2.24) is 20.1 Å². The molecule has 1 saturated heterocycles. The number of aryl methyl sites for hydroxylation is 1. The molecule has 1 atom stereocenters. The molecule has 4 nitrogen and oxygen atoms in total. The Bertz CT molecular complexity index is 561. The first kappa shape index (κ1) is 12.4. The largest absolute Gasteiger partial charge is 0.306 e. The highest BCUT2D eigenvalue weighted by Gasteiger charge is 2.20. The first-order valence-electron chi connectivity index (χ1n) is 6.90. The van der Waals surface area contributed by atoms with Crippen LogP contribution in [-0.2, 0) is 0 Å². The second-order valence-electron chi connectivity index (χ2n) is 5.49. The Balaban J connectivity index is 1.87. The molecule has 0 saturated carbocycles. The molecule has 100 valence electrons. The van der Waals surface area contributed by atoms with Crippen LogP contribution in [0.3, 0.4) is 0 Å². The lowest BCUT2D eigenvalue weighted by Gasteiger charge is -2.29. The van der Waals surface area contributed by atoms with E-state index in [2.05, 4.69) is 34.3 Å². The van der Waals surface area contributed by atoms with Gasteiger partial charge >= 0.3 is 0 Å². The van der Waals surface area contributed by atoms with Gasteiger partial charge in [0.05, 0.1) is 5.69 Å². The zero-order valence-corrected chi connectivity index (χ0v) is 11.6. The van der Waals surface area contributed by atoms with E-state index in [1.54, 1.807) is 0 Å². The Morgan fingerprint density at radius 1 is 1.32 bits per heavy atom. The third-order valence-corrected chi connectivity index (χ3v) is 3.78. The van der Waals surface area contributed by atoms with E-state index in [0.29, 0.717) is 5.92 Å². The van der Waals surface area contributed by atoms with Gasteiger partial charge in [-0.25, -0.2) is 0 Å². The van der Waals surface area contributed by atoms with E-state index in [4.69, 9.17) is 4.98 Å². The van der Waals surface area contributed by atoms with Gasteiger partial charge in [-0.3, -0.25) is 10.1 Å². The van der Waals surface area contributed by atoms with E-state index in [1.807, 2.05) is 19.1 Å². The summed E-state index contributed by atoms with van der Waals surface area (Å²) in [5, 5.41) is 7.26. The van der Waals surface area contributed by atoms with Crippen LogP contribution >= 0.6 is 0 Å². The van der Waals surface area contributed by atoms with E-state index in [9.17, 15) is 0 Å². The molecular weight excluding hydrogens is 236 g/mol. The van der Waals surface area contributed by atoms with Crippen molar-refractivity contribution in [3.63, 3.8) is 0 Å². The van der Waals surface area contributed by atoms with Crippen molar-refractivity contribution >= 4 is 0 Å². The number of hydrogen-bond acceptors (Lipinski definition) is 3. The van der Waals surface area contributed by atoms with Crippen LogP contribution in [0, 0.1) is 6.92 Å². The second kappa shape index (κ2) is 5.13. The molecule has 0 aromatic carbocycles. The topological polar surface area (TPSA) is 44.8 Å². The maximum Gasteiger partial charge on any atom is 0.111 e. The molecule has 2 aromatic rings. The summed E-state index contributed by atoms with van der Waals surface area (Å²) in [6.45, 7) is 4.32. The molecule has 3 heterocycles. The zero-order chi connectivity index (χ0) is 13.2. The van der Waals surface area contributed by atoms with Crippen LogP contribution < -0.4 is 0 Å². The number of rotatable bonds is 2. The van der Waals surface area contributed by atoms with E-state index in [-0.39, 0.29) is 0 Å². The van der Waals surface area contributed by atoms with E-state index >= 15 is 0 Å². The highest BCUT2D eigenvalue weighted by Crippen LogP contribution is 2.26. The van der Waals surface area contributed by atoms with Gasteiger partial charge in [0.15, 0.2) is 0 Å².